The van der Waals surface area contributed by atoms with Crippen molar-refractivity contribution in [3.63, 3.8) is 0 Å². The fourth-order valence-electron chi connectivity index (χ4n) is 3.49. The van der Waals surface area contributed by atoms with Gasteiger partial charge in [-0.05, 0) is 67.3 Å². The number of carbonyl (C=O) groups is 1. The SMILES string of the molecule is CC[C@@H](NC(=O)COc1ccccc1C)c1ccc2c(c1)CCCC2. The molecule has 0 unspecified atom stereocenters. The number of rotatable bonds is 6. The first kappa shape index (κ1) is 17.5. The molecule has 1 aliphatic rings. The predicted octanol–water partition coefficient (Wildman–Crippen LogP) is 4.52. The Bertz CT molecular complexity index is 739. The second-order valence-corrected chi connectivity index (χ2v) is 6.82. The number of para-hydroxylation sites is 1. The zero-order valence-electron chi connectivity index (χ0n) is 15.2. The number of amides is 1. The topological polar surface area (TPSA) is 38.3 Å². The van der Waals surface area contributed by atoms with E-state index < -0.39 is 0 Å². The minimum Gasteiger partial charge on any atom is -0.484 e. The van der Waals surface area contributed by atoms with E-state index >= 15 is 0 Å². The number of nitrogens with one attached hydrogen (secondary N) is 1. The molecule has 0 heterocycles. The molecular formula is C22H27NO2. The molecule has 3 heteroatoms. The van der Waals surface area contributed by atoms with E-state index in [2.05, 4.69) is 30.4 Å². The van der Waals surface area contributed by atoms with E-state index in [1.165, 1.54) is 36.0 Å². The number of carbonyl (C=O) groups excluding carboxylic acids is 1. The molecule has 0 aliphatic heterocycles. The van der Waals surface area contributed by atoms with Crippen molar-refractivity contribution in [1.82, 2.24) is 5.32 Å². The Hall–Kier alpha value is -2.29. The first-order valence-electron chi connectivity index (χ1n) is 9.27. The molecule has 0 fully saturated rings. The molecule has 2 aromatic carbocycles. The van der Waals surface area contributed by atoms with Crippen molar-refractivity contribution in [2.75, 3.05) is 6.61 Å². The fourth-order valence-corrected chi connectivity index (χ4v) is 3.49. The van der Waals surface area contributed by atoms with Crippen LogP contribution in [0.4, 0.5) is 0 Å². The van der Waals surface area contributed by atoms with Crippen LogP contribution in [0.1, 0.15) is 54.5 Å². The van der Waals surface area contributed by atoms with Gasteiger partial charge < -0.3 is 10.1 Å². The average Bonchev–Trinajstić information content (AvgIpc) is 2.65. The summed E-state index contributed by atoms with van der Waals surface area (Å²) < 4.78 is 5.66. The molecule has 0 aromatic heterocycles. The van der Waals surface area contributed by atoms with Crippen molar-refractivity contribution in [2.24, 2.45) is 0 Å². The van der Waals surface area contributed by atoms with Gasteiger partial charge in [0.2, 0.25) is 0 Å². The first-order chi connectivity index (χ1) is 12.2. The highest BCUT2D eigenvalue weighted by Gasteiger charge is 2.16. The van der Waals surface area contributed by atoms with E-state index in [9.17, 15) is 4.79 Å². The lowest BCUT2D eigenvalue weighted by atomic mass is 9.89. The molecule has 25 heavy (non-hydrogen) atoms. The molecule has 132 valence electrons. The number of fused-ring (bicyclic) bond motifs is 1. The van der Waals surface area contributed by atoms with Gasteiger partial charge in [0.25, 0.3) is 5.91 Å². The third-order valence-electron chi connectivity index (χ3n) is 4.97. The van der Waals surface area contributed by atoms with Crippen molar-refractivity contribution in [3.05, 3.63) is 64.7 Å². The van der Waals surface area contributed by atoms with Crippen molar-refractivity contribution in [3.8, 4) is 5.75 Å². The third kappa shape index (κ3) is 4.41. The molecule has 1 aliphatic carbocycles. The van der Waals surface area contributed by atoms with Crippen LogP contribution in [0.3, 0.4) is 0 Å². The van der Waals surface area contributed by atoms with Gasteiger partial charge in [-0.2, -0.15) is 0 Å². The van der Waals surface area contributed by atoms with Crippen molar-refractivity contribution >= 4 is 5.91 Å². The molecule has 0 radical (unpaired) electrons. The molecule has 1 amide bonds. The summed E-state index contributed by atoms with van der Waals surface area (Å²) in [6, 6.07) is 14.5. The van der Waals surface area contributed by atoms with Crippen LogP contribution < -0.4 is 10.1 Å². The quantitative estimate of drug-likeness (QED) is 0.841. The highest BCUT2D eigenvalue weighted by atomic mass is 16.5. The number of benzene rings is 2. The van der Waals surface area contributed by atoms with Gasteiger partial charge in [0.1, 0.15) is 5.75 Å². The molecule has 0 saturated heterocycles. The Morgan fingerprint density at radius 2 is 1.88 bits per heavy atom. The Labute approximate surface area is 150 Å². The van der Waals surface area contributed by atoms with Crippen LogP contribution in [0.15, 0.2) is 42.5 Å². The Morgan fingerprint density at radius 1 is 1.12 bits per heavy atom. The first-order valence-corrected chi connectivity index (χ1v) is 9.27. The monoisotopic (exact) mass is 337 g/mol. The minimum atomic E-state index is -0.0761. The molecule has 3 rings (SSSR count). The van der Waals surface area contributed by atoms with Gasteiger partial charge in [0, 0.05) is 0 Å². The summed E-state index contributed by atoms with van der Waals surface area (Å²) in [4.78, 5) is 12.3. The molecular weight excluding hydrogens is 310 g/mol. The molecule has 0 spiro atoms. The van der Waals surface area contributed by atoms with Crippen molar-refractivity contribution < 1.29 is 9.53 Å². The summed E-state index contributed by atoms with van der Waals surface area (Å²) in [5, 5.41) is 3.12. The van der Waals surface area contributed by atoms with Crippen LogP contribution in [0.25, 0.3) is 0 Å². The lowest BCUT2D eigenvalue weighted by Crippen LogP contribution is -2.32. The van der Waals surface area contributed by atoms with Crippen molar-refractivity contribution in [1.29, 1.82) is 0 Å². The minimum absolute atomic E-state index is 0.0418. The summed E-state index contributed by atoms with van der Waals surface area (Å²) in [6.45, 7) is 4.13. The Morgan fingerprint density at radius 3 is 2.64 bits per heavy atom. The maximum absolute atomic E-state index is 12.3. The molecule has 2 aromatic rings. The van der Waals surface area contributed by atoms with Gasteiger partial charge in [-0.1, -0.05) is 43.3 Å². The molecule has 1 N–H and O–H groups in total. The molecule has 1 atom stereocenters. The summed E-state index contributed by atoms with van der Waals surface area (Å²) >= 11 is 0. The molecule has 0 saturated carbocycles. The standard InChI is InChI=1S/C22H27NO2/c1-3-20(19-13-12-17-9-5-6-10-18(17)14-19)23-22(24)15-25-21-11-7-4-8-16(21)2/h4,7-8,11-14,20H,3,5-6,9-10,15H2,1-2H3,(H,23,24)/t20-/m1/s1. The van der Waals surface area contributed by atoms with Crippen LogP contribution in [0.2, 0.25) is 0 Å². The smallest absolute Gasteiger partial charge is 0.258 e. The zero-order valence-corrected chi connectivity index (χ0v) is 15.2. The Balaban J connectivity index is 1.61. The summed E-state index contributed by atoms with van der Waals surface area (Å²) in [7, 11) is 0. The highest BCUT2D eigenvalue weighted by molar-refractivity contribution is 5.78. The summed E-state index contributed by atoms with van der Waals surface area (Å²) in [5.74, 6) is 0.687. The van der Waals surface area contributed by atoms with Gasteiger partial charge in [-0.3, -0.25) is 4.79 Å². The fraction of sp³-hybridized carbons (Fsp3) is 0.409. The average molecular weight is 337 g/mol. The van der Waals surface area contributed by atoms with E-state index in [1.54, 1.807) is 0 Å². The van der Waals surface area contributed by atoms with Gasteiger partial charge in [0.15, 0.2) is 6.61 Å². The van der Waals surface area contributed by atoms with E-state index in [0.717, 1.165) is 24.2 Å². The van der Waals surface area contributed by atoms with Gasteiger partial charge >= 0.3 is 0 Å². The Kier molecular flexibility index (Phi) is 5.75. The van der Waals surface area contributed by atoms with Gasteiger partial charge in [0.05, 0.1) is 6.04 Å². The maximum atomic E-state index is 12.3. The van der Waals surface area contributed by atoms with Crippen LogP contribution in [-0.2, 0) is 17.6 Å². The second kappa shape index (κ2) is 8.19. The lowest BCUT2D eigenvalue weighted by molar-refractivity contribution is -0.123. The van der Waals surface area contributed by atoms with Crippen LogP contribution in [-0.4, -0.2) is 12.5 Å². The van der Waals surface area contributed by atoms with E-state index in [4.69, 9.17) is 4.74 Å². The highest BCUT2D eigenvalue weighted by Crippen LogP contribution is 2.26. The van der Waals surface area contributed by atoms with E-state index in [-0.39, 0.29) is 18.6 Å². The van der Waals surface area contributed by atoms with Gasteiger partial charge in [-0.15, -0.1) is 0 Å². The van der Waals surface area contributed by atoms with Gasteiger partial charge in [-0.25, -0.2) is 0 Å². The second-order valence-electron chi connectivity index (χ2n) is 6.82. The van der Waals surface area contributed by atoms with Crippen LogP contribution in [0, 0.1) is 6.92 Å². The van der Waals surface area contributed by atoms with E-state index in [1.807, 2.05) is 31.2 Å². The number of hydrogen-bond donors (Lipinski definition) is 1. The number of aryl methyl sites for hydroxylation is 3. The maximum Gasteiger partial charge on any atom is 0.258 e. The molecule has 3 nitrogen and oxygen atoms in total. The lowest BCUT2D eigenvalue weighted by Gasteiger charge is -2.22. The summed E-state index contributed by atoms with van der Waals surface area (Å²) in [5.41, 5.74) is 5.16. The third-order valence-corrected chi connectivity index (χ3v) is 4.97. The number of hydrogen-bond acceptors (Lipinski definition) is 2. The van der Waals surface area contributed by atoms with Crippen LogP contribution >= 0.6 is 0 Å². The van der Waals surface area contributed by atoms with Crippen LogP contribution in [0.5, 0.6) is 5.75 Å². The normalized spacial score (nSPS) is 14.5. The summed E-state index contributed by atoms with van der Waals surface area (Å²) in [6.07, 6.45) is 5.77. The van der Waals surface area contributed by atoms with Crippen molar-refractivity contribution in [2.45, 2.75) is 52.0 Å². The predicted molar refractivity (Wildman–Crippen MR) is 101 cm³/mol. The molecule has 0 bridgehead atoms. The zero-order chi connectivity index (χ0) is 17.6. The largest absolute Gasteiger partial charge is 0.484 e. The van der Waals surface area contributed by atoms with E-state index in [0.29, 0.717) is 0 Å². The number of ether oxygens (including phenoxy) is 1.